The average molecular weight is 330 g/mol. The summed E-state index contributed by atoms with van der Waals surface area (Å²) < 4.78 is 13.5. The molecular formula is C17H15FN2O4. The van der Waals surface area contributed by atoms with Crippen LogP contribution in [0.3, 0.4) is 0 Å². The number of nitrogens with one attached hydrogen (secondary N) is 1. The molecule has 0 aliphatic heterocycles. The van der Waals surface area contributed by atoms with Crippen molar-refractivity contribution in [3.05, 3.63) is 81.7 Å². The molecule has 0 radical (unpaired) electrons. The molecule has 0 saturated heterocycles. The smallest absolute Gasteiger partial charge is 0.276 e. The van der Waals surface area contributed by atoms with E-state index in [4.69, 9.17) is 0 Å². The molecule has 0 bridgehead atoms. The van der Waals surface area contributed by atoms with E-state index < -0.39 is 22.8 Å². The summed E-state index contributed by atoms with van der Waals surface area (Å²) in [4.78, 5) is 22.1. The molecule has 0 heterocycles. The average Bonchev–Trinajstić information content (AvgIpc) is 2.58. The maximum absolute atomic E-state index is 13.5. The van der Waals surface area contributed by atoms with Crippen LogP contribution in [0.25, 0.3) is 6.08 Å². The number of nitrogens with zero attached hydrogens (tertiary/aromatic N) is 1. The van der Waals surface area contributed by atoms with E-state index in [1.165, 1.54) is 42.5 Å². The van der Waals surface area contributed by atoms with Gasteiger partial charge in [0.1, 0.15) is 5.82 Å². The first-order chi connectivity index (χ1) is 11.5. The Bertz CT molecular complexity index is 777. The highest BCUT2D eigenvalue weighted by Crippen LogP contribution is 2.19. The van der Waals surface area contributed by atoms with Gasteiger partial charge in [0.15, 0.2) is 0 Å². The van der Waals surface area contributed by atoms with Crippen molar-refractivity contribution < 1.29 is 19.2 Å². The summed E-state index contributed by atoms with van der Waals surface area (Å²) in [5.41, 5.74) is 0.251. The fraction of sp³-hybridized carbons (Fsp3) is 0.118. The van der Waals surface area contributed by atoms with Crippen LogP contribution in [0.1, 0.15) is 17.2 Å². The third-order valence-electron chi connectivity index (χ3n) is 3.28. The molecule has 24 heavy (non-hydrogen) atoms. The molecule has 0 aromatic heterocycles. The third kappa shape index (κ3) is 4.47. The molecule has 1 unspecified atom stereocenters. The van der Waals surface area contributed by atoms with Gasteiger partial charge < -0.3 is 10.4 Å². The molecule has 2 rings (SSSR count). The van der Waals surface area contributed by atoms with Crippen molar-refractivity contribution in [2.45, 2.75) is 6.10 Å². The zero-order valence-corrected chi connectivity index (χ0v) is 12.6. The predicted molar refractivity (Wildman–Crippen MR) is 86.5 cm³/mol. The highest BCUT2D eigenvalue weighted by atomic mass is 19.1. The summed E-state index contributed by atoms with van der Waals surface area (Å²) in [6.45, 7) is -0.180. The van der Waals surface area contributed by atoms with Crippen molar-refractivity contribution in [1.29, 1.82) is 0 Å². The van der Waals surface area contributed by atoms with Crippen LogP contribution < -0.4 is 5.32 Å². The first kappa shape index (κ1) is 17.3. The number of carbonyl (C=O) groups excluding carboxylic acids is 1. The zero-order chi connectivity index (χ0) is 17.5. The van der Waals surface area contributed by atoms with Crippen LogP contribution in [0.5, 0.6) is 0 Å². The maximum Gasteiger partial charge on any atom is 0.276 e. The summed E-state index contributed by atoms with van der Waals surface area (Å²) in [5, 5.41) is 23.2. The van der Waals surface area contributed by atoms with Gasteiger partial charge in [-0.3, -0.25) is 14.9 Å². The summed E-state index contributed by atoms with van der Waals surface area (Å²) in [6, 6.07) is 11.7. The number of halogens is 1. The van der Waals surface area contributed by atoms with Gasteiger partial charge in [-0.2, -0.15) is 0 Å². The number of amides is 1. The molecule has 1 atom stereocenters. The Labute approximate surface area is 137 Å². The minimum atomic E-state index is -1.19. The van der Waals surface area contributed by atoms with Crippen LogP contribution in [0.15, 0.2) is 54.6 Å². The number of hydrogen-bond acceptors (Lipinski definition) is 4. The number of aliphatic hydroxyl groups is 1. The number of para-hydroxylation sites is 1. The molecule has 1 amide bonds. The number of nitro benzene ring substituents is 1. The van der Waals surface area contributed by atoms with Crippen molar-refractivity contribution in [2.24, 2.45) is 0 Å². The summed E-state index contributed by atoms with van der Waals surface area (Å²) in [6.07, 6.45) is 1.24. The summed E-state index contributed by atoms with van der Waals surface area (Å²) in [5.74, 6) is -1.11. The van der Waals surface area contributed by atoms with Gasteiger partial charge >= 0.3 is 0 Å². The lowest BCUT2D eigenvalue weighted by atomic mass is 10.1. The molecule has 124 valence electrons. The molecule has 2 aromatic carbocycles. The number of aliphatic hydroxyl groups excluding tert-OH is 1. The lowest BCUT2D eigenvalue weighted by Gasteiger charge is -2.12. The zero-order valence-electron chi connectivity index (χ0n) is 12.6. The van der Waals surface area contributed by atoms with Crippen molar-refractivity contribution in [1.82, 2.24) is 5.32 Å². The lowest BCUT2D eigenvalue weighted by Crippen LogP contribution is -2.27. The van der Waals surface area contributed by atoms with E-state index in [1.807, 2.05) is 0 Å². The van der Waals surface area contributed by atoms with Gasteiger partial charge in [-0.15, -0.1) is 0 Å². The topological polar surface area (TPSA) is 92.5 Å². The Hall–Kier alpha value is -3.06. The SMILES string of the molecule is O=C(/C=C/c1ccccc1[N+](=O)[O-])NCC(O)c1ccccc1F. The third-order valence-corrected chi connectivity index (χ3v) is 3.28. The van der Waals surface area contributed by atoms with Gasteiger partial charge in [-0.1, -0.05) is 30.3 Å². The molecule has 2 N–H and O–H groups in total. The van der Waals surface area contributed by atoms with Crippen LogP contribution in [0, 0.1) is 15.9 Å². The molecule has 0 aliphatic carbocycles. The van der Waals surface area contributed by atoms with Crippen molar-refractivity contribution >= 4 is 17.7 Å². The minimum Gasteiger partial charge on any atom is -0.386 e. The summed E-state index contributed by atoms with van der Waals surface area (Å²) in [7, 11) is 0. The fourth-order valence-corrected chi connectivity index (χ4v) is 2.07. The van der Waals surface area contributed by atoms with Crippen molar-refractivity contribution in [2.75, 3.05) is 6.54 Å². The van der Waals surface area contributed by atoms with E-state index in [-0.39, 0.29) is 23.4 Å². The Morgan fingerprint density at radius 3 is 2.62 bits per heavy atom. The standard InChI is InChI=1S/C17H15FN2O4/c18-14-7-3-2-6-13(14)16(21)11-19-17(22)10-9-12-5-1-4-8-15(12)20(23)24/h1-10,16,21H,11H2,(H,19,22)/b10-9+. The fourth-order valence-electron chi connectivity index (χ4n) is 2.07. The quantitative estimate of drug-likeness (QED) is 0.484. The van der Waals surface area contributed by atoms with Crippen molar-refractivity contribution in [3.63, 3.8) is 0 Å². The first-order valence-corrected chi connectivity index (χ1v) is 7.11. The van der Waals surface area contributed by atoms with Crippen LogP contribution in [0.4, 0.5) is 10.1 Å². The molecule has 0 aliphatic rings. The summed E-state index contributed by atoms with van der Waals surface area (Å²) >= 11 is 0. The van der Waals surface area contributed by atoms with Gasteiger partial charge in [-0.25, -0.2) is 4.39 Å². The van der Waals surface area contributed by atoms with Gasteiger partial charge in [0.25, 0.3) is 5.69 Å². The molecule has 7 heteroatoms. The molecule has 0 spiro atoms. The van der Waals surface area contributed by atoms with Gasteiger partial charge in [0.05, 0.1) is 16.6 Å². The number of carbonyl (C=O) groups is 1. The van der Waals surface area contributed by atoms with Crippen LogP contribution in [-0.4, -0.2) is 22.5 Å². The van der Waals surface area contributed by atoms with Crippen LogP contribution >= 0.6 is 0 Å². The largest absolute Gasteiger partial charge is 0.386 e. The normalized spacial score (nSPS) is 12.1. The van der Waals surface area contributed by atoms with E-state index in [1.54, 1.807) is 12.1 Å². The second kappa shape index (κ2) is 7.98. The lowest BCUT2D eigenvalue weighted by molar-refractivity contribution is -0.385. The van der Waals surface area contributed by atoms with Gasteiger partial charge in [0.2, 0.25) is 5.91 Å². The highest BCUT2D eigenvalue weighted by Gasteiger charge is 2.13. The van der Waals surface area contributed by atoms with E-state index in [9.17, 15) is 24.4 Å². The second-order valence-electron chi connectivity index (χ2n) is 4.93. The van der Waals surface area contributed by atoms with Crippen molar-refractivity contribution in [3.8, 4) is 0 Å². The van der Waals surface area contributed by atoms with E-state index in [0.29, 0.717) is 0 Å². The molecule has 6 nitrogen and oxygen atoms in total. The molecule has 0 fully saturated rings. The Morgan fingerprint density at radius 1 is 1.25 bits per heavy atom. The van der Waals surface area contributed by atoms with Gasteiger partial charge in [0, 0.05) is 24.3 Å². The highest BCUT2D eigenvalue weighted by molar-refractivity contribution is 5.92. The van der Waals surface area contributed by atoms with Crippen LogP contribution in [0.2, 0.25) is 0 Å². The molecule has 0 saturated carbocycles. The number of benzene rings is 2. The number of hydrogen-bond donors (Lipinski definition) is 2. The predicted octanol–water partition coefficient (Wildman–Crippen LogP) is 2.60. The monoisotopic (exact) mass is 330 g/mol. The van der Waals surface area contributed by atoms with Gasteiger partial charge in [-0.05, 0) is 18.2 Å². The maximum atomic E-state index is 13.5. The van der Waals surface area contributed by atoms with E-state index in [0.717, 1.165) is 6.08 Å². The van der Waals surface area contributed by atoms with E-state index in [2.05, 4.69) is 5.32 Å². The second-order valence-corrected chi connectivity index (χ2v) is 4.93. The minimum absolute atomic E-state index is 0.0838. The van der Waals surface area contributed by atoms with E-state index >= 15 is 0 Å². The Morgan fingerprint density at radius 2 is 1.92 bits per heavy atom. The first-order valence-electron chi connectivity index (χ1n) is 7.11. The number of nitro groups is 1. The van der Waals surface area contributed by atoms with Crippen LogP contribution in [-0.2, 0) is 4.79 Å². The Kier molecular flexibility index (Phi) is 5.75. The number of rotatable bonds is 6. The molecule has 2 aromatic rings. The molecular weight excluding hydrogens is 315 g/mol. The Balaban J connectivity index is 1.97.